The molecule has 114 valence electrons. The van der Waals surface area contributed by atoms with Crippen molar-refractivity contribution in [2.24, 2.45) is 0 Å². The summed E-state index contributed by atoms with van der Waals surface area (Å²) in [7, 11) is 1.50. The van der Waals surface area contributed by atoms with Gasteiger partial charge in [-0.15, -0.1) is 0 Å². The number of hydrogen-bond acceptors (Lipinski definition) is 7. The maximum absolute atomic E-state index is 11.3. The number of esters is 3. The lowest BCUT2D eigenvalue weighted by Gasteiger charge is -2.11. The third-order valence-electron chi connectivity index (χ3n) is 2.02. The van der Waals surface area contributed by atoms with Gasteiger partial charge in [0.15, 0.2) is 0 Å². The van der Waals surface area contributed by atoms with E-state index in [9.17, 15) is 14.4 Å². The van der Waals surface area contributed by atoms with E-state index in [4.69, 9.17) is 14.2 Å². The molecule has 0 aromatic heterocycles. The molecule has 20 heavy (non-hydrogen) atoms. The Balaban J connectivity index is 3.64. The molecule has 0 aromatic carbocycles. The molecule has 0 saturated heterocycles. The Kier molecular flexibility index (Phi) is 9.94. The minimum atomic E-state index is -0.586. The lowest BCUT2D eigenvalue weighted by Crippen LogP contribution is -2.20. The third-order valence-corrected chi connectivity index (χ3v) is 2.02. The van der Waals surface area contributed by atoms with E-state index in [2.05, 4.69) is 11.3 Å². The predicted molar refractivity (Wildman–Crippen MR) is 68.8 cm³/mol. The SMILES string of the molecule is C=CC(=O)OCCOC(=O)CCC(=O)OC(C)COC. The summed E-state index contributed by atoms with van der Waals surface area (Å²) in [5.41, 5.74) is 0. The number of hydrogen-bond donors (Lipinski definition) is 0. The van der Waals surface area contributed by atoms with Gasteiger partial charge >= 0.3 is 17.9 Å². The molecule has 0 rings (SSSR count). The van der Waals surface area contributed by atoms with E-state index in [1.165, 1.54) is 7.11 Å². The smallest absolute Gasteiger partial charge is 0.330 e. The zero-order valence-electron chi connectivity index (χ0n) is 11.8. The predicted octanol–water partition coefficient (Wildman–Crippen LogP) is 0.617. The molecule has 0 bridgehead atoms. The van der Waals surface area contributed by atoms with E-state index < -0.39 is 17.9 Å². The van der Waals surface area contributed by atoms with Gasteiger partial charge in [0, 0.05) is 13.2 Å². The zero-order chi connectivity index (χ0) is 15.4. The molecule has 0 aliphatic heterocycles. The summed E-state index contributed by atoms with van der Waals surface area (Å²) in [6, 6.07) is 0. The maximum Gasteiger partial charge on any atom is 0.330 e. The molecule has 0 heterocycles. The lowest BCUT2D eigenvalue weighted by atomic mass is 10.3. The highest BCUT2D eigenvalue weighted by atomic mass is 16.6. The summed E-state index contributed by atoms with van der Waals surface area (Å²) >= 11 is 0. The Morgan fingerprint density at radius 2 is 1.70 bits per heavy atom. The molecule has 7 nitrogen and oxygen atoms in total. The second-order valence-corrected chi connectivity index (χ2v) is 3.85. The Bertz CT molecular complexity index is 338. The van der Waals surface area contributed by atoms with Gasteiger partial charge in [0.1, 0.15) is 19.3 Å². The number of methoxy groups -OCH3 is 1. The van der Waals surface area contributed by atoms with Crippen LogP contribution in [0.2, 0.25) is 0 Å². The fourth-order valence-corrected chi connectivity index (χ4v) is 1.19. The van der Waals surface area contributed by atoms with Crippen molar-refractivity contribution in [3.05, 3.63) is 12.7 Å². The summed E-state index contributed by atoms with van der Waals surface area (Å²) in [5, 5.41) is 0. The first-order chi connectivity index (χ1) is 9.49. The largest absolute Gasteiger partial charge is 0.462 e. The van der Waals surface area contributed by atoms with Crippen LogP contribution in [-0.4, -0.2) is 50.9 Å². The number of ether oxygens (including phenoxy) is 4. The quantitative estimate of drug-likeness (QED) is 0.252. The first kappa shape index (κ1) is 18.1. The van der Waals surface area contributed by atoms with Gasteiger partial charge in [0.2, 0.25) is 0 Å². The normalized spacial score (nSPS) is 11.3. The average molecular weight is 288 g/mol. The molecule has 0 spiro atoms. The zero-order valence-corrected chi connectivity index (χ0v) is 11.8. The van der Waals surface area contributed by atoms with Gasteiger partial charge in [-0.05, 0) is 6.92 Å². The van der Waals surface area contributed by atoms with Crippen LogP contribution in [0.4, 0.5) is 0 Å². The Morgan fingerprint density at radius 1 is 1.10 bits per heavy atom. The fourth-order valence-electron chi connectivity index (χ4n) is 1.19. The van der Waals surface area contributed by atoms with Crippen LogP contribution in [0, 0.1) is 0 Å². The van der Waals surface area contributed by atoms with Gasteiger partial charge in [-0.2, -0.15) is 0 Å². The van der Waals surface area contributed by atoms with Crippen molar-refractivity contribution in [2.75, 3.05) is 26.9 Å². The average Bonchev–Trinajstić information content (AvgIpc) is 2.41. The summed E-state index contributed by atoms with van der Waals surface area (Å²) in [6.07, 6.45) is 0.494. The maximum atomic E-state index is 11.3. The van der Waals surface area contributed by atoms with Crippen LogP contribution < -0.4 is 0 Å². The monoisotopic (exact) mass is 288 g/mol. The summed E-state index contributed by atoms with van der Waals surface area (Å²) in [4.78, 5) is 33.3. The van der Waals surface area contributed by atoms with Crippen LogP contribution >= 0.6 is 0 Å². The van der Waals surface area contributed by atoms with Gasteiger partial charge < -0.3 is 18.9 Å². The molecule has 1 unspecified atom stereocenters. The highest BCUT2D eigenvalue weighted by Gasteiger charge is 2.12. The molecule has 0 aliphatic rings. The highest BCUT2D eigenvalue weighted by Crippen LogP contribution is 2.00. The van der Waals surface area contributed by atoms with Crippen molar-refractivity contribution >= 4 is 17.9 Å². The molecule has 0 N–H and O–H groups in total. The molecule has 0 radical (unpaired) electrons. The van der Waals surface area contributed by atoms with E-state index in [1.807, 2.05) is 0 Å². The second kappa shape index (κ2) is 11.0. The Morgan fingerprint density at radius 3 is 2.30 bits per heavy atom. The molecule has 0 fully saturated rings. The van der Waals surface area contributed by atoms with Crippen LogP contribution in [0.5, 0.6) is 0 Å². The van der Waals surface area contributed by atoms with Gasteiger partial charge in [0.05, 0.1) is 19.4 Å². The van der Waals surface area contributed by atoms with E-state index >= 15 is 0 Å². The third kappa shape index (κ3) is 10.1. The van der Waals surface area contributed by atoms with Crippen LogP contribution in [0.1, 0.15) is 19.8 Å². The van der Waals surface area contributed by atoms with Crippen molar-refractivity contribution < 1.29 is 33.3 Å². The van der Waals surface area contributed by atoms with E-state index in [0.29, 0.717) is 6.61 Å². The molecule has 7 heteroatoms. The number of carbonyl (C=O) groups excluding carboxylic acids is 3. The summed E-state index contributed by atoms with van der Waals surface area (Å²) < 4.78 is 19.1. The molecule has 0 saturated carbocycles. The Hall–Kier alpha value is -1.89. The first-order valence-electron chi connectivity index (χ1n) is 6.12. The van der Waals surface area contributed by atoms with E-state index in [1.54, 1.807) is 6.92 Å². The van der Waals surface area contributed by atoms with E-state index in [-0.39, 0.29) is 32.2 Å². The van der Waals surface area contributed by atoms with E-state index in [0.717, 1.165) is 6.08 Å². The van der Waals surface area contributed by atoms with Crippen molar-refractivity contribution in [1.29, 1.82) is 0 Å². The van der Waals surface area contributed by atoms with Crippen LogP contribution in [0.25, 0.3) is 0 Å². The summed E-state index contributed by atoms with van der Waals surface area (Å²) in [6.45, 7) is 5.09. The van der Waals surface area contributed by atoms with Gasteiger partial charge in [-0.1, -0.05) is 6.58 Å². The fraction of sp³-hybridized carbons (Fsp3) is 0.615. The van der Waals surface area contributed by atoms with Crippen molar-refractivity contribution in [2.45, 2.75) is 25.9 Å². The molecule has 0 aliphatic carbocycles. The highest BCUT2D eigenvalue weighted by molar-refractivity contribution is 5.81. The Labute approximate surface area is 117 Å². The minimum absolute atomic E-state index is 0.0497. The number of carbonyl (C=O) groups is 3. The van der Waals surface area contributed by atoms with Crippen LogP contribution in [0.3, 0.4) is 0 Å². The molecular weight excluding hydrogens is 268 g/mol. The first-order valence-corrected chi connectivity index (χ1v) is 6.12. The second-order valence-electron chi connectivity index (χ2n) is 3.85. The van der Waals surface area contributed by atoms with Gasteiger partial charge in [-0.25, -0.2) is 4.79 Å². The molecule has 1 atom stereocenters. The van der Waals surface area contributed by atoms with Gasteiger partial charge in [0.25, 0.3) is 0 Å². The minimum Gasteiger partial charge on any atom is -0.462 e. The molecule has 0 aromatic rings. The number of rotatable bonds is 10. The molecule has 0 amide bonds. The summed E-state index contributed by atoms with van der Waals surface area (Å²) in [5.74, 6) is -1.64. The lowest BCUT2D eigenvalue weighted by molar-refractivity contribution is -0.155. The van der Waals surface area contributed by atoms with Gasteiger partial charge in [-0.3, -0.25) is 9.59 Å². The standard InChI is InChI=1S/C13H20O7/c1-4-11(14)18-7-8-19-12(15)5-6-13(16)20-10(2)9-17-3/h4,10H,1,5-9H2,2-3H3. The topological polar surface area (TPSA) is 88.1 Å². The van der Waals surface area contributed by atoms with Crippen molar-refractivity contribution in [3.8, 4) is 0 Å². The van der Waals surface area contributed by atoms with Crippen LogP contribution in [0.15, 0.2) is 12.7 Å². The van der Waals surface area contributed by atoms with Crippen molar-refractivity contribution in [3.63, 3.8) is 0 Å². The van der Waals surface area contributed by atoms with Crippen molar-refractivity contribution in [1.82, 2.24) is 0 Å². The van der Waals surface area contributed by atoms with Crippen LogP contribution in [-0.2, 0) is 33.3 Å². The molecular formula is C13H20O7.